The highest BCUT2D eigenvalue weighted by molar-refractivity contribution is 7.47. The number of phosphoric acid groups is 1. The lowest BCUT2D eigenvalue weighted by molar-refractivity contribution is -0.161. The first-order valence-electron chi connectivity index (χ1n) is 21.2. The van der Waals surface area contributed by atoms with Gasteiger partial charge in [0.2, 0.25) is 0 Å². The molecule has 3 atom stereocenters. The highest BCUT2D eigenvalue weighted by Gasteiger charge is 2.27. The third-order valence-electron chi connectivity index (χ3n) is 8.66. The fourth-order valence-corrected chi connectivity index (χ4v) is 6.19. The summed E-state index contributed by atoms with van der Waals surface area (Å²) in [5.41, 5.74) is 0. The SMILES string of the molecule is CC/C=C/C/C=C/C/C=C/CCCCCCCC(=O)O[C@H](COC(=O)CCC/C=C/C/C=C/CCCCCCCCCCC)COP(=O)(O)OC[C@@H](O)CO. The summed E-state index contributed by atoms with van der Waals surface area (Å²) < 4.78 is 32.6. The molecule has 3 N–H and O–H groups in total. The van der Waals surface area contributed by atoms with E-state index in [-0.39, 0.29) is 19.4 Å². The van der Waals surface area contributed by atoms with Crippen molar-refractivity contribution in [2.75, 3.05) is 26.4 Å². The van der Waals surface area contributed by atoms with E-state index in [0.717, 1.165) is 70.6 Å². The first-order chi connectivity index (χ1) is 26.7. The standard InChI is InChI=1S/C44H77O10P/c1-3-5-7-9-11-13-15-17-19-20-22-23-25-27-29-31-33-35-43(47)51-39-42(40-53-55(49,50)52-38-41(46)37-45)54-44(48)36-34-32-30-28-26-24-21-18-16-14-12-10-8-6-4-2/h6,8,12,14,18,21-23,27,29,41-42,45-46H,3-5,7,9-11,13,15-17,19-20,24-26,28,30-40H2,1-2H3,(H,49,50)/b8-6+,14-12+,21-18+,23-22+,29-27+/t41-,42+/m0/s1. The molecule has 318 valence electrons. The molecule has 0 aromatic rings. The van der Waals surface area contributed by atoms with Crippen LogP contribution >= 0.6 is 7.82 Å². The molecule has 0 aromatic heterocycles. The van der Waals surface area contributed by atoms with Gasteiger partial charge in [-0.3, -0.25) is 18.6 Å². The fraction of sp³-hybridized carbons (Fsp3) is 0.727. The van der Waals surface area contributed by atoms with E-state index in [0.29, 0.717) is 12.8 Å². The molecule has 0 amide bonds. The van der Waals surface area contributed by atoms with Gasteiger partial charge in [-0.2, -0.15) is 0 Å². The maximum absolute atomic E-state index is 12.6. The number of carbonyl (C=O) groups is 2. The van der Waals surface area contributed by atoms with Crippen molar-refractivity contribution in [2.45, 2.75) is 180 Å². The molecule has 0 heterocycles. The van der Waals surface area contributed by atoms with Crippen molar-refractivity contribution in [1.82, 2.24) is 0 Å². The Hall–Kier alpha value is -2.33. The zero-order valence-corrected chi connectivity index (χ0v) is 35.3. The molecule has 1 unspecified atom stereocenters. The smallest absolute Gasteiger partial charge is 0.462 e. The van der Waals surface area contributed by atoms with Crippen molar-refractivity contribution in [1.29, 1.82) is 0 Å². The van der Waals surface area contributed by atoms with Crippen LogP contribution < -0.4 is 0 Å². The zero-order chi connectivity index (χ0) is 40.5. The number of hydrogen-bond donors (Lipinski definition) is 3. The summed E-state index contributed by atoms with van der Waals surface area (Å²) in [4.78, 5) is 34.9. The second-order valence-electron chi connectivity index (χ2n) is 14.0. The van der Waals surface area contributed by atoms with Crippen molar-refractivity contribution < 1.29 is 47.8 Å². The number of phosphoric ester groups is 1. The molecule has 0 fully saturated rings. The molecule has 55 heavy (non-hydrogen) atoms. The maximum atomic E-state index is 12.6. The number of allylic oxidation sites excluding steroid dienone is 10. The van der Waals surface area contributed by atoms with Gasteiger partial charge in [0.15, 0.2) is 6.10 Å². The Labute approximate surface area is 334 Å². The zero-order valence-electron chi connectivity index (χ0n) is 34.4. The number of unbranched alkanes of at least 4 members (excludes halogenated alkanes) is 15. The van der Waals surface area contributed by atoms with Gasteiger partial charge in [0.1, 0.15) is 12.7 Å². The summed E-state index contributed by atoms with van der Waals surface area (Å²) in [6, 6.07) is 0. The van der Waals surface area contributed by atoms with E-state index in [1.54, 1.807) is 0 Å². The van der Waals surface area contributed by atoms with Crippen LogP contribution in [0.1, 0.15) is 168 Å². The van der Waals surface area contributed by atoms with Crippen molar-refractivity contribution in [3.05, 3.63) is 60.8 Å². The van der Waals surface area contributed by atoms with Crippen LogP contribution in [-0.4, -0.2) is 65.7 Å². The van der Waals surface area contributed by atoms with Gasteiger partial charge in [0.25, 0.3) is 0 Å². The first kappa shape index (κ1) is 52.7. The van der Waals surface area contributed by atoms with Gasteiger partial charge in [0.05, 0.1) is 19.8 Å². The van der Waals surface area contributed by atoms with Crippen molar-refractivity contribution >= 4 is 19.8 Å². The summed E-state index contributed by atoms with van der Waals surface area (Å²) in [5, 5.41) is 18.3. The van der Waals surface area contributed by atoms with Gasteiger partial charge >= 0.3 is 19.8 Å². The van der Waals surface area contributed by atoms with Crippen LogP contribution in [0.15, 0.2) is 60.8 Å². The summed E-state index contributed by atoms with van der Waals surface area (Å²) >= 11 is 0. The van der Waals surface area contributed by atoms with E-state index in [4.69, 9.17) is 19.1 Å². The average molecular weight is 797 g/mol. The first-order valence-corrected chi connectivity index (χ1v) is 22.7. The number of rotatable bonds is 39. The van der Waals surface area contributed by atoms with Crippen molar-refractivity contribution in [3.8, 4) is 0 Å². The molecule has 0 radical (unpaired) electrons. The van der Waals surface area contributed by atoms with E-state index in [1.807, 2.05) is 6.08 Å². The molecule has 10 nitrogen and oxygen atoms in total. The normalized spacial score (nSPS) is 14.5. The Morgan fingerprint density at radius 2 is 1.02 bits per heavy atom. The van der Waals surface area contributed by atoms with Gasteiger partial charge in [-0.15, -0.1) is 0 Å². The maximum Gasteiger partial charge on any atom is 0.472 e. The van der Waals surface area contributed by atoms with E-state index < -0.39 is 51.8 Å². The Balaban J connectivity index is 4.40. The molecule has 0 aliphatic carbocycles. The molecule has 0 saturated heterocycles. The molecule has 11 heteroatoms. The molecular weight excluding hydrogens is 719 g/mol. The summed E-state index contributed by atoms with van der Waals surface area (Å²) in [5.74, 6) is -1.00. The molecular formula is C44H77O10P. The highest BCUT2D eigenvalue weighted by atomic mass is 31.2. The lowest BCUT2D eigenvalue weighted by Crippen LogP contribution is -2.29. The number of hydrogen-bond acceptors (Lipinski definition) is 9. The summed E-state index contributed by atoms with van der Waals surface area (Å²) in [6.45, 7) is 2.19. The van der Waals surface area contributed by atoms with E-state index in [9.17, 15) is 24.2 Å². The van der Waals surface area contributed by atoms with Gasteiger partial charge in [0, 0.05) is 12.8 Å². The third-order valence-corrected chi connectivity index (χ3v) is 9.61. The molecule has 0 aliphatic rings. The lowest BCUT2D eigenvalue weighted by atomic mass is 10.1. The minimum Gasteiger partial charge on any atom is -0.462 e. The minimum absolute atomic E-state index is 0.154. The quantitative estimate of drug-likeness (QED) is 0.0237. The molecule has 0 aromatic carbocycles. The topological polar surface area (TPSA) is 149 Å². The monoisotopic (exact) mass is 797 g/mol. The van der Waals surface area contributed by atoms with Crippen molar-refractivity contribution in [2.24, 2.45) is 0 Å². The Kier molecular flexibility index (Phi) is 38.2. The molecule has 0 saturated carbocycles. The van der Waals surface area contributed by atoms with Gasteiger partial charge in [-0.1, -0.05) is 145 Å². The van der Waals surface area contributed by atoms with Crippen LogP contribution in [0.25, 0.3) is 0 Å². The Morgan fingerprint density at radius 3 is 1.56 bits per heavy atom. The number of aliphatic hydroxyl groups excluding tert-OH is 2. The minimum atomic E-state index is -4.63. The largest absolute Gasteiger partial charge is 0.472 e. The molecule has 0 bridgehead atoms. The summed E-state index contributed by atoms with van der Waals surface area (Å²) in [7, 11) is -4.63. The number of aliphatic hydroxyl groups is 2. The third kappa shape index (κ3) is 39.7. The van der Waals surface area contributed by atoms with E-state index >= 15 is 0 Å². The van der Waals surface area contributed by atoms with Crippen LogP contribution in [0.2, 0.25) is 0 Å². The second-order valence-corrected chi connectivity index (χ2v) is 15.4. The predicted molar refractivity (Wildman–Crippen MR) is 224 cm³/mol. The van der Waals surface area contributed by atoms with Gasteiger partial charge < -0.3 is 24.6 Å². The number of carbonyl (C=O) groups excluding carboxylic acids is 2. The molecule has 0 spiro atoms. The Bertz CT molecular complexity index is 1100. The second kappa shape index (κ2) is 39.9. The van der Waals surface area contributed by atoms with Gasteiger partial charge in [-0.25, -0.2) is 4.57 Å². The average Bonchev–Trinajstić information content (AvgIpc) is 3.17. The van der Waals surface area contributed by atoms with Crippen LogP contribution in [0.4, 0.5) is 0 Å². The lowest BCUT2D eigenvalue weighted by Gasteiger charge is -2.20. The molecule has 0 aliphatic heterocycles. The van der Waals surface area contributed by atoms with Crippen molar-refractivity contribution in [3.63, 3.8) is 0 Å². The summed E-state index contributed by atoms with van der Waals surface area (Å²) in [6.07, 6.45) is 43.4. The van der Waals surface area contributed by atoms with E-state index in [1.165, 1.54) is 57.8 Å². The van der Waals surface area contributed by atoms with E-state index in [2.05, 4.69) is 73.1 Å². The van der Waals surface area contributed by atoms with Gasteiger partial charge in [-0.05, 0) is 70.6 Å². The van der Waals surface area contributed by atoms with Crippen LogP contribution in [0, 0.1) is 0 Å². The Morgan fingerprint density at radius 1 is 0.564 bits per heavy atom. The van der Waals surface area contributed by atoms with Crippen LogP contribution in [0.3, 0.4) is 0 Å². The highest BCUT2D eigenvalue weighted by Crippen LogP contribution is 2.43. The predicted octanol–water partition coefficient (Wildman–Crippen LogP) is 11.1. The van der Waals surface area contributed by atoms with Crippen LogP contribution in [0.5, 0.6) is 0 Å². The fourth-order valence-electron chi connectivity index (χ4n) is 5.40. The van der Waals surface area contributed by atoms with Crippen LogP contribution in [-0.2, 0) is 32.7 Å². The molecule has 0 rings (SSSR count). The number of ether oxygens (including phenoxy) is 2. The number of esters is 2.